The van der Waals surface area contributed by atoms with E-state index < -0.39 is 0 Å². The van der Waals surface area contributed by atoms with Gasteiger partial charge in [-0.15, -0.1) is 0 Å². The van der Waals surface area contributed by atoms with Crippen molar-refractivity contribution in [3.05, 3.63) is 0 Å². The fraction of sp³-hybridized carbons (Fsp3) is 1.00. The van der Waals surface area contributed by atoms with Crippen molar-refractivity contribution in [2.24, 2.45) is 0 Å². The van der Waals surface area contributed by atoms with Crippen LogP contribution in [-0.4, -0.2) is 36.6 Å². The third-order valence-corrected chi connectivity index (χ3v) is 4.36. The summed E-state index contributed by atoms with van der Waals surface area (Å²) < 4.78 is 0. The normalized spacial score (nSPS) is 20.6. The molecule has 1 aliphatic rings. The van der Waals surface area contributed by atoms with Crippen molar-refractivity contribution in [3.8, 4) is 0 Å². The highest BCUT2D eigenvalue weighted by molar-refractivity contribution is 4.90. The summed E-state index contributed by atoms with van der Waals surface area (Å²) >= 11 is 0. The predicted octanol–water partition coefficient (Wildman–Crippen LogP) is 3.03. The minimum Gasteiger partial charge on any atom is -0.314 e. The molecule has 16 heavy (non-hydrogen) atoms. The van der Waals surface area contributed by atoms with Gasteiger partial charge >= 0.3 is 0 Å². The Balaban J connectivity index is 2.43. The van der Waals surface area contributed by atoms with Crippen molar-refractivity contribution >= 4 is 0 Å². The summed E-state index contributed by atoms with van der Waals surface area (Å²) in [6.07, 6.45) is 8.32. The lowest BCUT2D eigenvalue weighted by molar-refractivity contribution is 0.166. The molecule has 0 aliphatic heterocycles. The van der Waals surface area contributed by atoms with Crippen LogP contribution in [0.25, 0.3) is 0 Å². The van der Waals surface area contributed by atoms with Crippen LogP contribution in [0.4, 0.5) is 0 Å². The Labute approximate surface area is 102 Å². The Morgan fingerprint density at radius 2 is 1.81 bits per heavy atom. The topological polar surface area (TPSA) is 15.3 Å². The van der Waals surface area contributed by atoms with Crippen LogP contribution < -0.4 is 5.32 Å². The maximum atomic E-state index is 3.61. The summed E-state index contributed by atoms with van der Waals surface area (Å²) in [6, 6.07) is 0.683. The first kappa shape index (κ1) is 14.0. The van der Waals surface area contributed by atoms with Crippen molar-refractivity contribution in [1.29, 1.82) is 0 Å². The number of hydrogen-bond donors (Lipinski definition) is 1. The highest BCUT2D eigenvalue weighted by atomic mass is 15.1. The van der Waals surface area contributed by atoms with Gasteiger partial charge in [0.1, 0.15) is 0 Å². The first-order valence-electron chi connectivity index (χ1n) is 7.06. The maximum absolute atomic E-state index is 3.61. The van der Waals surface area contributed by atoms with E-state index in [-0.39, 0.29) is 0 Å². The van der Waals surface area contributed by atoms with Gasteiger partial charge in [0.2, 0.25) is 0 Å². The van der Waals surface area contributed by atoms with Crippen LogP contribution in [0.5, 0.6) is 0 Å². The first-order chi connectivity index (χ1) is 7.63. The molecule has 0 amide bonds. The third kappa shape index (κ3) is 3.74. The van der Waals surface area contributed by atoms with Gasteiger partial charge in [0.05, 0.1) is 0 Å². The van der Waals surface area contributed by atoms with Crippen LogP contribution in [0.2, 0.25) is 0 Å². The minimum absolute atomic E-state index is 0.445. The van der Waals surface area contributed by atoms with Crippen LogP contribution in [-0.2, 0) is 0 Å². The molecule has 1 saturated carbocycles. The fourth-order valence-electron chi connectivity index (χ4n) is 2.99. The van der Waals surface area contributed by atoms with Gasteiger partial charge < -0.3 is 10.2 Å². The van der Waals surface area contributed by atoms with Gasteiger partial charge in [-0.25, -0.2) is 0 Å². The summed E-state index contributed by atoms with van der Waals surface area (Å²) in [4.78, 5) is 2.58. The number of hydrogen-bond acceptors (Lipinski definition) is 2. The van der Waals surface area contributed by atoms with Crippen LogP contribution in [0.1, 0.15) is 59.3 Å². The average molecular weight is 226 g/mol. The molecule has 0 aromatic carbocycles. The molecule has 0 spiro atoms. The molecule has 0 aromatic rings. The molecule has 96 valence electrons. The first-order valence-corrected chi connectivity index (χ1v) is 7.06. The minimum atomic E-state index is 0.445. The van der Waals surface area contributed by atoms with Gasteiger partial charge in [0.25, 0.3) is 0 Å². The molecular weight excluding hydrogens is 196 g/mol. The Kier molecular flexibility index (Phi) is 5.77. The second-order valence-electron chi connectivity index (χ2n) is 5.56. The summed E-state index contributed by atoms with van der Waals surface area (Å²) in [6.45, 7) is 9.30. The van der Waals surface area contributed by atoms with E-state index in [9.17, 15) is 0 Å². The second-order valence-corrected chi connectivity index (χ2v) is 5.56. The second kappa shape index (κ2) is 6.61. The summed E-state index contributed by atoms with van der Waals surface area (Å²) in [5.74, 6) is 0. The zero-order valence-corrected chi connectivity index (χ0v) is 11.7. The lowest BCUT2D eigenvalue weighted by Crippen LogP contribution is -2.47. The highest BCUT2D eigenvalue weighted by Gasteiger charge is 2.30. The quantitative estimate of drug-likeness (QED) is 0.749. The van der Waals surface area contributed by atoms with Crippen molar-refractivity contribution in [3.63, 3.8) is 0 Å². The van der Waals surface area contributed by atoms with Gasteiger partial charge in [-0.05, 0) is 46.7 Å². The van der Waals surface area contributed by atoms with Crippen LogP contribution in [0, 0.1) is 0 Å². The Morgan fingerprint density at radius 3 is 2.25 bits per heavy atom. The molecule has 2 heteroatoms. The molecule has 0 unspecified atom stereocenters. The smallest absolute Gasteiger partial charge is 0.0190 e. The fourth-order valence-corrected chi connectivity index (χ4v) is 2.99. The van der Waals surface area contributed by atoms with E-state index in [1.165, 1.54) is 51.6 Å². The summed E-state index contributed by atoms with van der Waals surface area (Å²) in [5, 5.41) is 3.61. The molecule has 0 bridgehead atoms. The monoisotopic (exact) mass is 226 g/mol. The van der Waals surface area contributed by atoms with E-state index in [0.29, 0.717) is 11.6 Å². The molecule has 2 nitrogen and oxygen atoms in total. The zero-order valence-electron chi connectivity index (χ0n) is 11.7. The van der Waals surface area contributed by atoms with Gasteiger partial charge in [-0.3, -0.25) is 0 Å². The number of nitrogens with one attached hydrogen (secondary N) is 1. The molecule has 1 N–H and O–H groups in total. The molecule has 1 aliphatic carbocycles. The summed E-state index contributed by atoms with van der Waals surface area (Å²) in [7, 11) is 2.15. The molecule has 0 radical (unpaired) electrons. The largest absolute Gasteiger partial charge is 0.314 e. The Hall–Kier alpha value is -0.0800. The molecule has 1 fully saturated rings. The van der Waals surface area contributed by atoms with Gasteiger partial charge in [0, 0.05) is 18.1 Å². The van der Waals surface area contributed by atoms with Crippen LogP contribution in [0.15, 0.2) is 0 Å². The molecule has 1 rings (SSSR count). The highest BCUT2D eigenvalue weighted by Crippen LogP contribution is 2.30. The van der Waals surface area contributed by atoms with Crippen LogP contribution in [0.3, 0.4) is 0 Å². The van der Waals surface area contributed by atoms with E-state index in [4.69, 9.17) is 0 Å². The van der Waals surface area contributed by atoms with Crippen molar-refractivity contribution in [2.45, 2.75) is 70.9 Å². The van der Waals surface area contributed by atoms with Gasteiger partial charge in [-0.2, -0.15) is 0 Å². The Morgan fingerprint density at radius 1 is 1.19 bits per heavy atom. The maximum Gasteiger partial charge on any atom is 0.0190 e. The molecule has 0 atom stereocenters. The average Bonchev–Trinajstić information content (AvgIpc) is 2.30. The standard InChI is InChI=1S/C14H30N2/c1-5-16(13(2)3)12-11-14(15-4)9-7-6-8-10-14/h13,15H,5-12H2,1-4H3. The molecule has 0 aromatic heterocycles. The zero-order chi connectivity index (χ0) is 12.0. The summed E-state index contributed by atoms with van der Waals surface area (Å²) in [5.41, 5.74) is 0.445. The number of nitrogens with zero attached hydrogens (tertiary/aromatic N) is 1. The van der Waals surface area contributed by atoms with E-state index in [1.54, 1.807) is 0 Å². The van der Waals surface area contributed by atoms with Gasteiger partial charge in [0.15, 0.2) is 0 Å². The lowest BCUT2D eigenvalue weighted by atomic mass is 9.79. The predicted molar refractivity (Wildman–Crippen MR) is 71.9 cm³/mol. The Bertz CT molecular complexity index is 183. The SMILES string of the molecule is CCN(CCC1(NC)CCCCC1)C(C)C. The van der Waals surface area contributed by atoms with Crippen LogP contribution >= 0.6 is 0 Å². The van der Waals surface area contributed by atoms with E-state index in [2.05, 4.69) is 38.0 Å². The van der Waals surface area contributed by atoms with Crippen molar-refractivity contribution in [2.75, 3.05) is 20.1 Å². The molecule has 0 saturated heterocycles. The van der Waals surface area contributed by atoms with Crippen molar-refractivity contribution in [1.82, 2.24) is 10.2 Å². The van der Waals surface area contributed by atoms with E-state index in [1.807, 2.05) is 0 Å². The van der Waals surface area contributed by atoms with E-state index in [0.717, 1.165) is 0 Å². The molecule has 0 heterocycles. The van der Waals surface area contributed by atoms with E-state index >= 15 is 0 Å². The van der Waals surface area contributed by atoms with Crippen molar-refractivity contribution < 1.29 is 0 Å². The number of rotatable bonds is 6. The third-order valence-electron chi connectivity index (χ3n) is 4.36. The molecular formula is C14H30N2. The van der Waals surface area contributed by atoms with Gasteiger partial charge in [-0.1, -0.05) is 26.2 Å². The lowest BCUT2D eigenvalue weighted by Gasteiger charge is -2.39.